The van der Waals surface area contributed by atoms with Crippen LogP contribution < -0.4 is 5.32 Å². The Bertz CT molecular complexity index is 233. The molecular formula is C13H23NO. The molecule has 0 aromatic heterocycles. The molecule has 0 spiro atoms. The molecule has 0 bridgehead atoms. The highest BCUT2D eigenvalue weighted by atomic mass is 16.1. The molecule has 15 heavy (non-hydrogen) atoms. The number of unbranched alkanes of at least 4 members (excludes halogenated alkanes) is 3. The van der Waals surface area contributed by atoms with E-state index >= 15 is 0 Å². The van der Waals surface area contributed by atoms with Crippen LogP contribution in [-0.2, 0) is 4.79 Å². The van der Waals surface area contributed by atoms with Crippen LogP contribution in [0.15, 0.2) is 11.6 Å². The van der Waals surface area contributed by atoms with Crippen molar-refractivity contribution in [2.24, 2.45) is 5.92 Å². The Morgan fingerprint density at radius 1 is 1.47 bits per heavy atom. The molecule has 2 heteroatoms. The second kappa shape index (κ2) is 6.65. The first-order valence-electron chi connectivity index (χ1n) is 6.21. The lowest BCUT2D eigenvalue weighted by atomic mass is 9.94. The topological polar surface area (TPSA) is 29.1 Å². The molecule has 86 valence electrons. The molecule has 0 saturated heterocycles. The minimum Gasteiger partial charge on any atom is -0.355 e. The van der Waals surface area contributed by atoms with E-state index in [4.69, 9.17) is 0 Å². The van der Waals surface area contributed by atoms with Crippen LogP contribution in [0.1, 0.15) is 51.9 Å². The van der Waals surface area contributed by atoms with Gasteiger partial charge in [0.2, 0.25) is 5.91 Å². The van der Waals surface area contributed by atoms with Crippen LogP contribution in [0.4, 0.5) is 0 Å². The van der Waals surface area contributed by atoms with Gasteiger partial charge in [0.05, 0.1) is 0 Å². The van der Waals surface area contributed by atoms with Gasteiger partial charge in [0.15, 0.2) is 0 Å². The summed E-state index contributed by atoms with van der Waals surface area (Å²) < 4.78 is 0. The monoisotopic (exact) mass is 209 g/mol. The minimum atomic E-state index is 0.132. The Balaban J connectivity index is 2.29. The first-order valence-corrected chi connectivity index (χ1v) is 6.21. The van der Waals surface area contributed by atoms with Gasteiger partial charge in [0.1, 0.15) is 0 Å². The molecule has 1 N–H and O–H groups in total. The average molecular weight is 209 g/mol. The van der Waals surface area contributed by atoms with E-state index in [9.17, 15) is 4.79 Å². The van der Waals surface area contributed by atoms with Gasteiger partial charge in [-0.15, -0.1) is 0 Å². The van der Waals surface area contributed by atoms with E-state index in [0.717, 1.165) is 12.0 Å². The summed E-state index contributed by atoms with van der Waals surface area (Å²) in [4.78, 5) is 11.5. The molecule has 2 nitrogen and oxygen atoms in total. The number of carbonyl (C=O) groups is 1. The fourth-order valence-electron chi connectivity index (χ4n) is 2.30. The zero-order chi connectivity index (χ0) is 11.1. The number of hydrogen-bond acceptors (Lipinski definition) is 1. The summed E-state index contributed by atoms with van der Waals surface area (Å²) in [7, 11) is 1.72. The molecular weight excluding hydrogens is 186 g/mol. The average Bonchev–Trinajstić information content (AvgIpc) is 2.71. The van der Waals surface area contributed by atoms with E-state index in [-0.39, 0.29) is 5.91 Å². The lowest BCUT2D eigenvalue weighted by molar-refractivity contribution is -0.117. The standard InChI is InChI=1S/C13H23NO/c1-3-4-5-6-8-11-9-7-10-12(11)13(15)14-2/h10-11H,3-9H2,1-2H3,(H,14,15). The van der Waals surface area contributed by atoms with E-state index in [1.165, 1.54) is 38.5 Å². The van der Waals surface area contributed by atoms with E-state index in [1.807, 2.05) is 0 Å². The Labute approximate surface area is 93.1 Å². The molecule has 1 atom stereocenters. The quantitative estimate of drug-likeness (QED) is 0.669. The van der Waals surface area contributed by atoms with Crippen molar-refractivity contribution in [3.63, 3.8) is 0 Å². The molecule has 1 aliphatic rings. The molecule has 1 amide bonds. The van der Waals surface area contributed by atoms with E-state index in [1.54, 1.807) is 7.05 Å². The molecule has 0 aliphatic heterocycles. The van der Waals surface area contributed by atoms with Gasteiger partial charge in [-0.2, -0.15) is 0 Å². The highest BCUT2D eigenvalue weighted by Gasteiger charge is 2.23. The second-order valence-electron chi connectivity index (χ2n) is 4.36. The molecule has 0 aromatic rings. The summed E-state index contributed by atoms with van der Waals surface area (Å²) in [5.74, 6) is 0.662. The Kier molecular flexibility index (Phi) is 5.44. The van der Waals surface area contributed by atoms with Crippen molar-refractivity contribution in [3.8, 4) is 0 Å². The van der Waals surface area contributed by atoms with Gasteiger partial charge in [-0.25, -0.2) is 0 Å². The van der Waals surface area contributed by atoms with Gasteiger partial charge in [0, 0.05) is 12.6 Å². The van der Waals surface area contributed by atoms with Crippen LogP contribution in [0.5, 0.6) is 0 Å². The molecule has 0 saturated carbocycles. The molecule has 1 aliphatic carbocycles. The first kappa shape index (κ1) is 12.3. The number of hydrogen-bond donors (Lipinski definition) is 1. The summed E-state index contributed by atoms with van der Waals surface area (Å²) in [6.45, 7) is 2.23. The van der Waals surface area contributed by atoms with E-state index in [0.29, 0.717) is 5.92 Å². The summed E-state index contributed by atoms with van der Waals surface area (Å²) in [5.41, 5.74) is 1.04. The van der Waals surface area contributed by atoms with Crippen molar-refractivity contribution in [2.75, 3.05) is 7.05 Å². The number of amides is 1. The highest BCUT2D eigenvalue weighted by Crippen LogP contribution is 2.30. The fourth-order valence-corrected chi connectivity index (χ4v) is 2.30. The van der Waals surface area contributed by atoms with Crippen molar-refractivity contribution in [1.82, 2.24) is 5.32 Å². The van der Waals surface area contributed by atoms with Gasteiger partial charge < -0.3 is 5.32 Å². The number of nitrogens with one attached hydrogen (secondary N) is 1. The third kappa shape index (κ3) is 3.69. The van der Waals surface area contributed by atoms with Gasteiger partial charge in [0.25, 0.3) is 0 Å². The maximum absolute atomic E-state index is 11.5. The normalized spacial score (nSPS) is 20.1. The molecule has 0 fully saturated rings. The fraction of sp³-hybridized carbons (Fsp3) is 0.769. The Morgan fingerprint density at radius 2 is 2.27 bits per heavy atom. The summed E-state index contributed by atoms with van der Waals surface area (Å²) >= 11 is 0. The van der Waals surface area contributed by atoms with E-state index < -0.39 is 0 Å². The van der Waals surface area contributed by atoms with Crippen molar-refractivity contribution in [3.05, 3.63) is 11.6 Å². The van der Waals surface area contributed by atoms with Gasteiger partial charge in [-0.05, 0) is 25.2 Å². The number of likely N-dealkylation sites (N-methyl/N-ethyl adjacent to an activating group) is 1. The molecule has 1 rings (SSSR count). The number of carbonyl (C=O) groups excluding carboxylic acids is 1. The van der Waals surface area contributed by atoms with Crippen LogP contribution in [0.3, 0.4) is 0 Å². The molecule has 1 unspecified atom stereocenters. The smallest absolute Gasteiger partial charge is 0.246 e. The molecule has 0 heterocycles. The van der Waals surface area contributed by atoms with Crippen molar-refractivity contribution >= 4 is 5.91 Å². The predicted molar refractivity (Wildman–Crippen MR) is 63.6 cm³/mol. The number of rotatable bonds is 6. The third-order valence-electron chi connectivity index (χ3n) is 3.21. The Morgan fingerprint density at radius 3 is 2.93 bits per heavy atom. The molecule has 0 aromatic carbocycles. The van der Waals surface area contributed by atoms with Crippen LogP contribution in [0, 0.1) is 5.92 Å². The molecule has 0 radical (unpaired) electrons. The zero-order valence-electron chi connectivity index (χ0n) is 10.0. The van der Waals surface area contributed by atoms with Gasteiger partial charge in [-0.1, -0.05) is 38.7 Å². The third-order valence-corrected chi connectivity index (χ3v) is 3.21. The van der Waals surface area contributed by atoms with Crippen LogP contribution in [-0.4, -0.2) is 13.0 Å². The second-order valence-corrected chi connectivity index (χ2v) is 4.36. The van der Waals surface area contributed by atoms with Crippen molar-refractivity contribution in [2.45, 2.75) is 51.9 Å². The van der Waals surface area contributed by atoms with Gasteiger partial charge in [-0.3, -0.25) is 4.79 Å². The lowest BCUT2D eigenvalue weighted by Gasteiger charge is -2.13. The largest absolute Gasteiger partial charge is 0.355 e. The van der Waals surface area contributed by atoms with Crippen molar-refractivity contribution < 1.29 is 4.79 Å². The lowest BCUT2D eigenvalue weighted by Crippen LogP contribution is -2.22. The SMILES string of the molecule is CCCCCCC1CCC=C1C(=O)NC. The Hall–Kier alpha value is -0.790. The summed E-state index contributed by atoms with van der Waals surface area (Å²) in [5, 5.41) is 2.73. The van der Waals surface area contributed by atoms with Crippen LogP contribution in [0.25, 0.3) is 0 Å². The first-order chi connectivity index (χ1) is 7.29. The van der Waals surface area contributed by atoms with Crippen LogP contribution in [0.2, 0.25) is 0 Å². The van der Waals surface area contributed by atoms with Crippen molar-refractivity contribution in [1.29, 1.82) is 0 Å². The summed E-state index contributed by atoms with van der Waals surface area (Å²) in [6.07, 6.45) is 10.8. The van der Waals surface area contributed by atoms with E-state index in [2.05, 4.69) is 18.3 Å². The maximum atomic E-state index is 11.5. The van der Waals surface area contributed by atoms with Crippen LogP contribution >= 0.6 is 0 Å². The zero-order valence-corrected chi connectivity index (χ0v) is 10.0. The maximum Gasteiger partial charge on any atom is 0.246 e. The number of allylic oxidation sites excluding steroid dienone is 1. The summed E-state index contributed by atoms with van der Waals surface area (Å²) in [6, 6.07) is 0. The van der Waals surface area contributed by atoms with Gasteiger partial charge >= 0.3 is 0 Å². The predicted octanol–water partition coefficient (Wildman–Crippen LogP) is 3.04. The highest BCUT2D eigenvalue weighted by molar-refractivity contribution is 5.94. The minimum absolute atomic E-state index is 0.132.